The van der Waals surface area contributed by atoms with E-state index in [1.807, 2.05) is 0 Å². The van der Waals surface area contributed by atoms with E-state index in [0.717, 1.165) is 6.07 Å². The van der Waals surface area contributed by atoms with Gasteiger partial charge in [-0.2, -0.15) is 0 Å². The molecule has 0 fully saturated rings. The van der Waals surface area contributed by atoms with Gasteiger partial charge < -0.3 is 14.5 Å². The molecule has 1 aromatic heterocycles. The SMILES string of the molecule is COC(=O)c1cnc(Cc2cc(Cl)cc(OC(F)(F)F)c2)[nH]1. The van der Waals surface area contributed by atoms with Crippen LogP contribution in [0.3, 0.4) is 0 Å². The van der Waals surface area contributed by atoms with Gasteiger partial charge in [-0.1, -0.05) is 11.6 Å². The summed E-state index contributed by atoms with van der Waals surface area (Å²) < 4.78 is 45.0. The van der Waals surface area contributed by atoms with Gasteiger partial charge in [-0.15, -0.1) is 13.2 Å². The summed E-state index contributed by atoms with van der Waals surface area (Å²) in [6, 6.07) is 3.73. The topological polar surface area (TPSA) is 64.2 Å². The van der Waals surface area contributed by atoms with E-state index < -0.39 is 18.1 Å². The maximum absolute atomic E-state index is 12.2. The first-order chi connectivity index (χ1) is 10.3. The highest BCUT2D eigenvalue weighted by atomic mass is 35.5. The average molecular weight is 335 g/mol. The van der Waals surface area contributed by atoms with Crippen molar-refractivity contribution < 1.29 is 27.4 Å². The summed E-state index contributed by atoms with van der Waals surface area (Å²) in [5.74, 6) is -0.638. The fourth-order valence-electron chi connectivity index (χ4n) is 1.77. The molecule has 1 aromatic carbocycles. The van der Waals surface area contributed by atoms with E-state index >= 15 is 0 Å². The maximum atomic E-state index is 12.2. The zero-order chi connectivity index (χ0) is 16.3. The Morgan fingerprint density at radius 2 is 2.09 bits per heavy atom. The number of imidazole rings is 1. The van der Waals surface area contributed by atoms with Crippen LogP contribution in [0.15, 0.2) is 24.4 Å². The minimum atomic E-state index is -4.80. The molecule has 0 aliphatic rings. The van der Waals surface area contributed by atoms with Crippen molar-refractivity contribution in [2.24, 2.45) is 0 Å². The van der Waals surface area contributed by atoms with E-state index in [4.69, 9.17) is 11.6 Å². The molecule has 0 spiro atoms. The number of methoxy groups -OCH3 is 1. The number of ether oxygens (including phenoxy) is 2. The molecule has 118 valence electrons. The fraction of sp³-hybridized carbons (Fsp3) is 0.231. The molecule has 0 saturated heterocycles. The number of esters is 1. The molecular formula is C13H10ClF3N2O3. The largest absolute Gasteiger partial charge is 0.573 e. The van der Waals surface area contributed by atoms with Crippen LogP contribution in [0.5, 0.6) is 5.75 Å². The van der Waals surface area contributed by atoms with E-state index in [0.29, 0.717) is 11.4 Å². The van der Waals surface area contributed by atoms with Crippen molar-refractivity contribution in [3.8, 4) is 5.75 Å². The van der Waals surface area contributed by atoms with E-state index in [2.05, 4.69) is 19.4 Å². The van der Waals surface area contributed by atoms with Gasteiger partial charge in [-0.3, -0.25) is 0 Å². The third kappa shape index (κ3) is 4.39. The predicted molar refractivity (Wildman–Crippen MR) is 70.9 cm³/mol. The fourth-order valence-corrected chi connectivity index (χ4v) is 2.02. The zero-order valence-electron chi connectivity index (χ0n) is 11.2. The molecule has 5 nitrogen and oxygen atoms in total. The first kappa shape index (κ1) is 16.2. The molecule has 0 amide bonds. The Hall–Kier alpha value is -2.22. The van der Waals surface area contributed by atoms with E-state index in [1.54, 1.807) is 0 Å². The summed E-state index contributed by atoms with van der Waals surface area (Å²) in [5.41, 5.74) is 0.587. The molecule has 9 heteroatoms. The molecule has 0 aliphatic heterocycles. The average Bonchev–Trinajstić information content (AvgIpc) is 2.83. The van der Waals surface area contributed by atoms with Crippen molar-refractivity contribution in [2.75, 3.05) is 7.11 Å². The lowest BCUT2D eigenvalue weighted by molar-refractivity contribution is -0.274. The Bertz CT molecular complexity index is 685. The highest BCUT2D eigenvalue weighted by Gasteiger charge is 2.31. The summed E-state index contributed by atoms with van der Waals surface area (Å²) in [7, 11) is 1.22. The predicted octanol–water partition coefficient (Wildman–Crippen LogP) is 3.34. The number of nitrogens with zero attached hydrogens (tertiary/aromatic N) is 1. The third-order valence-corrected chi connectivity index (χ3v) is 2.79. The van der Waals surface area contributed by atoms with Crippen molar-refractivity contribution in [3.05, 3.63) is 46.5 Å². The first-order valence-electron chi connectivity index (χ1n) is 5.94. The van der Waals surface area contributed by atoms with Gasteiger partial charge >= 0.3 is 12.3 Å². The van der Waals surface area contributed by atoms with E-state index in [1.165, 1.54) is 25.4 Å². The van der Waals surface area contributed by atoms with Crippen molar-refractivity contribution in [2.45, 2.75) is 12.8 Å². The van der Waals surface area contributed by atoms with Crippen molar-refractivity contribution in [1.29, 1.82) is 0 Å². The van der Waals surface area contributed by atoms with Crippen LogP contribution in [0, 0.1) is 0 Å². The van der Waals surface area contributed by atoms with Crippen LogP contribution in [-0.4, -0.2) is 29.4 Å². The Morgan fingerprint density at radius 3 is 2.73 bits per heavy atom. The van der Waals surface area contributed by atoms with Crippen molar-refractivity contribution in [3.63, 3.8) is 0 Å². The second-order valence-electron chi connectivity index (χ2n) is 4.25. The molecule has 1 heterocycles. The summed E-state index contributed by atoms with van der Waals surface area (Å²) >= 11 is 5.77. The van der Waals surface area contributed by atoms with Crippen LogP contribution in [-0.2, 0) is 11.2 Å². The van der Waals surface area contributed by atoms with Crippen LogP contribution in [0.1, 0.15) is 21.9 Å². The van der Waals surface area contributed by atoms with E-state index in [-0.39, 0.29) is 17.1 Å². The number of rotatable bonds is 4. The normalized spacial score (nSPS) is 11.3. The van der Waals surface area contributed by atoms with Gasteiger partial charge in [0.25, 0.3) is 0 Å². The van der Waals surface area contributed by atoms with Gasteiger partial charge in [0.1, 0.15) is 17.3 Å². The quantitative estimate of drug-likeness (QED) is 0.871. The molecule has 2 rings (SSSR count). The smallest absolute Gasteiger partial charge is 0.464 e. The lowest BCUT2D eigenvalue weighted by atomic mass is 10.1. The Kier molecular flexibility index (Phi) is 4.60. The Morgan fingerprint density at radius 1 is 1.36 bits per heavy atom. The molecule has 0 aliphatic carbocycles. The van der Waals surface area contributed by atoms with Gasteiger partial charge in [0.05, 0.1) is 13.3 Å². The standard InChI is InChI=1S/C13H10ClF3N2O3/c1-21-12(20)10-6-18-11(19-10)4-7-2-8(14)5-9(3-7)22-13(15,16)17/h2-3,5-6H,4H2,1H3,(H,18,19). The lowest BCUT2D eigenvalue weighted by Gasteiger charge is -2.10. The minimum Gasteiger partial charge on any atom is -0.464 e. The summed E-state index contributed by atoms with van der Waals surface area (Å²) in [6.45, 7) is 0. The minimum absolute atomic E-state index is 0.0940. The Balaban J connectivity index is 2.19. The lowest BCUT2D eigenvalue weighted by Crippen LogP contribution is -2.17. The van der Waals surface area contributed by atoms with Crippen LogP contribution < -0.4 is 4.74 Å². The number of halogens is 4. The zero-order valence-corrected chi connectivity index (χ0v) is 12.0. The first-order valence-corrected chi connectivity index (χ1v) is 6.32. The molecule has 0 radical (unpaired) electrons. The summed E-state index contributed by atoms with van der Waals surface area (Å²) in [4.78, 5) is 17.9. The van der Waals surface area contributed by atoms with Crippen LogP contribution >= 0.6 is 11.6 Å². The number of H-pyrrole nitrogens is 1. The Labute approximate surface area is 128 Å². The number of hydrogen-bond donors (Lipinski definition) is 1. The maximum Gasteiger partial charge on any atom is 0.573 e. The highest BCUT2D eigenvalue weighted by molar-refractivity contribution is 6.30. The molecule has 0 unspecified atom stereocenters. The van der Waals surface area contributed by atoms with Crippen molar-refractivity contribution >= 4 is 17.6 Å². The number of hydrogen-bond acceptors (Lipinski definition) is 4. The third-order valence-electron chi connectivity index (χ3n) is 2.57. The number of carbonyl (C=O) groups is 1. The van der Waals surface area contributed by atoms with E-state index in [9.17, 15) is 18.0 Å². The van der Waals surface area contributed by atoms with Gasteiger partial charge in [-0.25, -0.2) is 9.78 Å². The van der Waals surface area contributed by atoms with Crippen molar-refractivity contribution in [1.82, 2.24) is 9.97 Å². The molecule has 22 heavy (non-hydrogen) atoms. The second-order valence-corrected chi connectivity index (χ2v) is 4.69. The highest BCUT2D eigenvalue weighted by Crippen LogP contribution is 2.27. The number of carbonyl (C=O) groups excluding carboxylic acids is 1. The number of alkyl halides is 3. The van der Waals surface area contributed by atoms with Gasteiger partial charge in [0.2, 0.25) is 0 Å². The van der Waals surface area contributed by atoms with Crippen LogP contribution in [0.2, 0.25) is 5.02 Å². The monoisotopic (exact) mass is 334 g/mol. The van der Waals surface area contributed by atoms with Crippen LogP contribution in [0.25, 0.3) is 0 Å². The second kappa shape index (κ2) is 6.27. The summed E-state index contributed by atoms with van der Waals surface area (Å²) in [5, 5.41) is 0.0940. The number of benzene rings is 1. The molecule has 1 N–H and O–H groups in total. The number of aromatic nitrogens is 2. The number of aromatic amines is 1. The van der Waals surface area contributed by atoms with Gasteiger partial charge in [0.15, 0.2) is 0 Å². The number of nitrogens with one attached hydrogen (secondary N) is 1. The molecular weight excluding hydrogens is 325 g/mol. The molecule has 0 saturated carbocycles. The summed E-state index contributed by atoms with van der Waals surface area (Å²) in [6.07, 6.45) is -3.38. The molecule has 2 aromatic rings. The van der Waals surface area contributed by atoms with Gasteiger partial charge in [0, 0.05) is 11.4 Å². The van der Waals surface area contributed by atoms with Crippen LogP contribution in [0.4, 0.5) is 13.2 Å². The van der Waals surface area contributed by atoms with Gasteiger partial charge in [-0.05, 0) is 23.8 Å². The molecule has 0 atom stereocenters. The molecule has 0 bridgehead atoms.